The van der Waals surface area contributed by atoms with Gasteiger partial charge in [0, 0.05) is 0 Å². The van der Waals surface area contributed by atoms with E-state index in [0.717, 1.165) is 0 Å². The quantitative estimate of drug-likeness (QED) is 0.540. The molecule has 0 saturated carbocycles. The molecule has 0 fully saturated rings. The Kier molecular flexibility index (Phi) is 7.19. The van der Waals surface area contributed by atoms with Gasteiger partial charge in [-0.15, -0.1) is 0 Å². The van der Waals surface area contributed by atoms with Crippen molar-refractivity contribution in [1.29, 1.82) is 0 Å². The average Bonchev–Trinajstić information content (AvgIpc) is 2.62. The van der Waals surface area contributed by atoms with Crippen molar-refractivity contribution in [2.75, 3.05) is 0 Å². The summed E-state index contributed by atoms with van der Waals surface area (Å²) in [4.78, 5) is 14.3. The highest BCUT2D eigenvalue weighted by Crippen LogP contribution is 2.25. The molecule has 0 spiro atoms. The van der Waals surface area contributed by atoms with Crippen molar-refractivity contribution in [3.63, 3.8) is 0 Å². The first kappa shape index (κ1) is 17.9. The first-order valence-corrected chi connectivity index (χ1v) is 8.76. The van der Waals surface area contributed by atoms with Crippen molar-refractivity contribution < 1.29 is 14.4 Å². The summed E-state index contributed by atoms with van der Waals surface area (Å²) in [6, 6.07) is 31.5. The Labute approximate surface area is 142 Å². The summed E-state index contributed by atoms with van der Waals surface area (Å²) in [7, 11) is -3.13. The molecule has 3 aromatic rings. The molecule has 0 amide bonds. The summed E-state index contributed by atoms with van der Waals surface area (Å²) in [5, 5.41) is 0. The van der Waals surface area contributed by atoms with E-state index in [2.05, 4.69) is 91.0 Å². The van der Waals surface area contributed by atoms with E-state index < -0.39 is 8.25 Å². The molecule has 0 atom stereocenters. The summed E-state index contributed by atoms with van der Waals surface area (Å²) in [5.41, 5.74) is 4.94. The molecular weight excluding hydrogens is 319 g/mol. The van der Waals surface area contributed by atoms with Crippen LogP contribution in [0.3, 0.4) is 0 Å². The van der Waals surface area contributed by atoms with E-state index in [9.17, 15) is 0 Å². The van der Waals surface area contributed by atoms with Crippen LogP contribution in [0.2, 0.25) is 0 Å². The normalized spacial score (nSPS) is 9.79. The van der Waals surface area contributed by atoms with Gasteiger partial charge in [0.05, 0.1) is 0 Å². The molecule has 4 heteroatoms. The molecule has 0 radical (unpaired) electrons. The minimum Gasteiger partial charge on any atom is -0.326 e. The van der Waals surface area contributed by atoms with Crippen LogP contribution in [0.4, 0.5) is 0 Å². The molecule has 0 aliphatic heterocycles. The molecule has 0 aromatic heterocycles. The van der Waals surface area contributed by atoms with Gasteiger partial charge in [0.15, 0.2) is 0 Å². The predicted octanol–water partition coefficient (Wildman–Crippen LogP) is 4.64. The zero-order valence-corrected chi connectivity index (χ0v) is 14.0. The maximum Gasteiger partial charge on any atom is 0.314 e. The van der Waals surface area contributed by atoms with Crippen LogP contribution in [0.1, 0.15) is 16.7 Å². The van der Waals surface area contributed by atoms with Crippen LogP contribution in [-0.4, -0.2) is 9.79 Å². The zero-order chi connectivity index (χ0) is 17.2. The van der Waals surface area contributed by atoms with Crippen LogP contribution in [0.25, 0.3) is 11.6 Å². The highest BCUT2D eigenvalue weighted by atomic mass is 31.1. The third kappa shape index (κ3) is 5.98. The molecule has 0 aliphatic rings. The molecule has 122 valence electrons. The topological polar surface area (TPSA) is 57.5 Å². The van der Waals surface area contributed by atoms with Crippen LogP contribution in [0, 0.1) is 0 Å². The van der Waals surface area contributed by atoms with E-state index in [0.29, 0.717) is 0 Å². The van der Waals surface area contributed by atoms with E-state index in [4.69, 9.17) is 14.4 Å². The van der Waals surface area contributed by atoms with Crippen molar-refractivity contribution >= 4 is 19.9 Å². The van der Waals surface area contributed by atoms with Crippen LogP contribution in [0.5, 0.6) is 0 Å². The lowest BCUT2D eigenvalue weighted by Crippen LogP contribution is -1.87. The Balaban J connectivity index is 0.000000471. The first-order chi connectivity index (χ1) is 11.7. The Morgan fingerprint density at radius 1 is 0.667 bits per heavy atom. The highest BCUT2D eigenvalue weighted by molar-refractivity contribution is 7.30. The van der Waals surface area contributed by atoms with Gasteiger partial charge in [0.1, 0.15) is 0 Å². The van der Waals surface area contributed by atoms with E-state index in [1.54, 1.807) is 0 Å². The average molecular weight is 338 g/mol. The van der Waals surface area contributed by atoms with Crippen molar-refractivity contribution in [3.05, 3.63) is 108 Å². The van der Waals surface area contributed by atoms with Crippen molar-refractivity contribution in [2.45, 2.75) is 0 Å². The molecule has 0 heterocycles. The fraction of sp³-hybridized carbons (Fsp3) is 0. The van der Waals surface area contributed by atoms with Gasteiger partial charge in [0.25, 0.3) is 0 Å². The third-order valence-corrected chi connectivity index (χ3v) is 3.28. The summed E-state index contributed by atoms with van der Waals surface area (Å²) in [6.45, 7) is 0. The minimum atomic E-state index is -3.13. The minimum absolute atomic E-state index is 1.22. The molecule has 0 unspecified atom stereocenters. The summed E-state index contributed by atoms with van der Waals surface area (Å²) in [5.74, 6) is 0. The van der Waals surface area contributed by atoms with Gasteiger partial charge in [-0.3, -0.25) is 4.57 Å². The van der Waals surface area contributed by atoms with Gasteiger partial charge in [-0.1, -0.05) is 91.0 Å². The Morgan fingerprint density at radius 2 is 1.00 bits per heavy atom. The van der Waals surface area contributed by atoms with Crippen LogP contribution >= 0.6 is 8.25 Å². The Bertz CT molecular complexity index is 739. The zero-order valence-electron chi connectivity index (χ0n) is 13.0. The Hall–Kier alpha value is -2.45. The summed E-state index contributed by atoms with van der Waals surface area (Å²) < 4.78 is 8.74. The number of hydrogen-bond acceptors (Lipinski definition) is 1. The smallest absolute Gasteiger partial charge is 0.314 e. The highest BCUT2D eigenvalue weighted by Gasteiger charge is 2.04. The summed E-state index contributed by atoms with van der Waals surface area (Å²) >= 11 is 0. The third-order valence-electron chi connectivity index (χ3n) is 3.28. The van der Waals surface area contributed by atoms with Crippen LogP contribution < -0.4 is 0 Å². The number of rotatable bonds is 3. The molecular formula is C20H19O3P. The van der Waals surface area contributed by atoms with Gasteiger partial charge in [-0.05, 0) is 28.3 Å². The van der Waals surface area contributed by atoms with Gasteiger partial charge < -0.3 is 9.79 Å². The second kappa shape index (κ2) is 9.64. The van der Waals surface area contributed by atoms with Crippen molar-refractivity contribution in [1.82, 2.24) is 0 Å². The summed E-state index contributed by atoms with van der Waals surface area (Å²) in [6.07, 6.45) is 2.24. The number of benzene rings is 3. The van der Waals surface area contributed by atoms with Crippen molar-refractivity contribution in [2.24, 2.45) is 0 Å². The molecule has 0 saturated heterocycles. The standard InChI is InChI=1S/C20H16.H3O3P/c1-4-10-17(11-5-1)16-20(18-12-6-2-7-13-18)19-14-8-3-9-15-19;1-4(2)3/h1-16H;4H,(H2,1,2,3). The SMILES string of the molecule is C(=C(c1ccccc1)c1ccccc1)c1ccccc1.O=[PH](O)O. The largest absolute Gasteiger partial charge is 0.326 e. The maximum atomic E-state index is 8.74. The van der Waals surface area contributed by atoms with E-state index in [1.807, 2.05) is 6.07 Å². The first-order valence-electron chi connectivity index (χ1n) is 7.46. The van der Waals surface area contributed by atoms with Gasteiger partial charge in [-0.25, -0.2) is 0 Å². The predicted molar refractivity (Wildman–Crippen MR) is 99.7 cm³/mol. The van der Waals surface area contributed by atoms with E-state index in [-0.39, 0.29) is 0 Å². The van der Waals surface area contributed by atoms with Gasteiger partial charge in [0.2, 0.25) is 0 Å². The molecule has 24 heavy (non-hydrogen) atoms. The second-order valence-corrected chi connectivity index (χ2v) is 5.55. The molecule has 2 N–H and O–H groups in total. The lowest BCUT2D eigenvalue weighted by Gasteiger charge is -2.08. The fourth-order valence-electron chi connectivity index (χ4n) is 2.28. The lowest BCUT2D eigenvalue weighted by atomic mass is 9.96. The van der Waals surface area contributed by atoms with Gasteiger partial charge in [-0.2, -0.15) is 0 Å². The molecule has 3 nitrogen and oxygen atoms in total. The Morgan fingerprint density at radius 3 is 1.38 bits per heavy atom. The molecule has 0 bridgehead atoms. The monoisotopic (exact) mass is 338 g/mol. The molecule has 3 aromatic carbocycles. The van der Waals surface area contributed by atoms with E-state index >= 15 is 0 Å². The van der Waals surface area contributed by atoms with Crippen LogP contribution in [-0.2, 0) is 4.57 Å². The number of hydrogen-bond donors (Lipinski definition) is 2. The lowest BCUT2D eigenvalue weighted by molar-refractivity contribution is 0.405. The van der Waals surface area contributed by atoms with Crippen LogP contribution in [0.15, 0.2) is 91.0 Å². The molecule has 0 aliphatic carbocycles. The fourth-order valence-corrected chi connectivity index (χ4v) is 2.28. The molecule has 3 rings (SSSR count). The van der Waals surface area contributed by atoms with E-state index in [1.165, 1.54) is 22.3 Å². The second-order valence-electron chi connectivity index (χ2n) is 4.98. The van der Waals surface area contributed by atoms with Crippen molar-refractivity contribution in [3.8, 4) is 0 Å². The van der Waals surface area contributed by atoms with Gasteiger partial charge >= 0.3 is 8.25 Å². The maximum absolute atomic E-state index is 8.74.